The van der Waals surface area contributed by atoms with Crippen LogP contribution in [-0.2, 0) is 13.2 Å². The maximum Gasteiger partial charge on any atom is -0.0443 e. The fourth-order valence-electron chi connectivity index (χ4n) is 0.637. The number of halogens is 2. The summed E-state index contributed by atoms with van der Waals surface area (Å²) in [6.45, 7) is 8.27. The summed E-state index contributed by atoms with van der Waals surface area (Å²) >= 11 is 6.25. The second-order valence-electron chi connectivity index (χ2n) is 2.28. The Morgan fingerprint density at radius 3 is 2.00 bits per heavy atom. The van der Waals surface area contributed by atoms with Gasteiger partial charge in [0.1, 0.15) is 0 Å². The van der Waals surface area contributed by atoms with E-state index in [1.807, 2.05) is 0 Å². The van der Waals surface area contributed by atoms with Crippen molar-refractivity contribution >= 4 is 27.2 Å². The van der Waals surface area contributed by atoms with Crippen molar-refractivity contribution in [3.63, 3.8) is 0 Å². The molecule has 1 atom stereocenters. The van der Waals surface area contributed by atoms with E-state index in [0.717, 1.165) is 12.3 Å². The van der Waals surface area contributed by atoms with Crippen molar-refractivity contribution in [2.75, 3.05) is 0 Å². The van der Waals surface area contributed by atoms with Crippen molar-refractivity contribution in [3.8, 4) is 0 Å². The summed E-state index contributed by atoms with van der Waals surface area (Å²) in [6, 6.07) is 0. The Morgan fingerprint density at radius 1 is 1.50 bits per heavy atom. The summed E-state index contributed by atoms with van der Waals surface area (Å²) in [5.41, 5.74) is 0. The molecule has 0 saturated heterocycles. The first-order chi connectivity index (χ1) is 4.72. The monoisotopic (exact) mass is 321 g/mol. The van der Waals surface area contributed by atoms with Crippen LogP contribution in [0.5, 0.6) is 0 Å². The van der Waals surface area contributed by atoms with Gasteiger partial charge >= 0.3 is 40.5 Å². The van der Waals surface area contributed by atoms with Crippen LogP contribution in [0.4, 0.5) is 0 Å². The van der Waals surface area contributed by atoms with Crippen molar-refractivity contribution in [2.45, 2.75) is 33.1 Å². The average molecular weight is 324 g/mol. The van der Waals surface area contributed by atoms with E-state index in [4.69, 9.17) is 0 Å². The summed E-state index contributed by atoms with van der Waals surface area (Å²) in [4.78, 5) is 0. The van der Waals surface area contributed by atoms with Crippen LogP contribution >= 0.6 is 27.2 Å². The molecular weight excluding hydrogens is 309 g/mol. The van der Waals surface area contributed by atoms with Crippen LogP contribution in [-0.4, -0.2) is 0 Å². The Morgan fingerprint density at radius 2 is 1.90 bits per heavy atom. The predicted molar refractivity (Wildman–Crippen MR) is 51.9 cm³/mol. The third kappa shape index (κ3) is 16.3. The molecule has 0 nitrogen and oxygen atoms in total. The van der Waals surface area contributed by atoms with Crippen LogP contribution in [0.25, 0.3) is 0 Å². The summed E-state index contributed by atoms with van der Waals surface area (Å²) in [6.07, 6.45) is 3.73. The Balaban J connectivity index is 0. The SMILES string of the molecule is [Br][Zn][Br].[CH2]CC(C)CCC. The minimum atomic E-state index is -0.250. The molecule has 1 radical (unpaired) electrons. The van der Waals surface area contributed by atoms with Gasteiger partial charge in [-0.05, 0) is 5.92 Å². The van der Waals surface area contributed by atoms with Crippen LogP contribution in [0.2, 0.25) is 0 Å². The van der Waals surface area contributed by atoms with E-state index in [9.17, 15) is 0 Å². The Hall–Kier alpha value is 1.58. The fraction of sp³-hybridized carbons (Fsp3) is 0.857. The zero-order valence-corrected chi connectivity index (χ0v) is 13.0. The smallest absolute Gasteiger partial charge is 0.0443 e. The van der Waals surface area contributed by atoms with Crippen LogP contribution in [0.1, 0.15) is 33.1 Å². The molecule has 0 aliphatic carbocycles. The molecule has 0 N–H and O–H groups in total. The first kappa shape index (κ1) is 14.1. The molecule has 10 heavy (non-hydrogen) atoms. The molecule has 0 aliphatic heterocycles. The van der Waals surface area contributed by atoms with E-state index in [0.29, 0.717) is 0 Å². The van der Waals surface area contributed by atoms with E-state index >= 15 is 0 Å². The number of hydrogen-bond acceptors (Lipinski definition) is 0. The van der Waals surface area contributed by atoms with Crippen molar-refractivity contribution in [1.29, 1.82) is 0 Å². The molecule has 3 heteroatoms. The minimum absolute atomic E-state index is 0.250. The summed E-state index contributed by atoms with van der Waals surface area (Å²) in [7, 11) is 0. The van der Waals surface area contributed by atoms with Crippen LogP contribution < -0.4 is 0 Å². The molecule has 0 rings (SSSR count). The average Bonchev–Trinajstić information content (AvgIpc) is 1.90. The molecule has 1 unspecified atom stereocenters. The van der Waals surface area contributed by atoms with Crippen LogP contribution in [0.3, 0.4) is 0 Å². The molecule has 0 amide bonds. The summed E-state index contributed by atoms with van der Waals surface area (Å²) < 4.78 is 0. The maximum absolute atomic E-state index is 3.80. The molecule has 0 aromatic rings. The van der Waals surface area contributed by atoms with Gasteiger partial charge in [0.25, 0.3) is 0 Å². The van der Waals surface area contributed by atoms with Gasteiger partial charge in [0, 0.05) is 0 Å². The standard InChI is InChI=1S/C7H15.2BrH.Zn/c1-4-6-7(3)5-2;;;/h7H,2,4-6H2,1,3H3;2*1H;/q;;;+2/p-2. The van der Waals surface area contributed by atoms with Gasteiger partial charge in [0.05, 0.1) is 0 Å². The molecular formula is C7H15Br2Zn. The second kappa shape index (κ2) is 13.2. The third-order valence-electron chi connectivity index (χ3n) is 1.27. The fourth-order valence-corrected chi connectivity index (χ4v) is 0.637. The van der Waals surface area contributed by atoms with Crippen molar-refractivity contribution in [1.82, 2.24) is 0 Å². The number of rotatable bonds is 3. The zero-order valence-electron chi connectivity index (χ0n) is 6.87. The van der Waals surface area contributed by atoms with Gasteiger partial charge in [0.15, 0.2) is 0 Å². The second-order valence-corrected chi connectivity index (χ2v) is 16.4. The van der Waals surface area contributed by atoms with Crippen molar-refractivity contribution < 1.29 is 13.2 Å². The van der Waals surface area contributed by atoms with Gasteiger partial charge in [0.2, 0.25) is 0 Å². The first-order valence-corrected chi connectivity index (χ1v) is 17.5. The van der Waals surface area contributed by atoms with Crippen molar-refractivity contribution in [2.24, 2.45) is 5.92 Å². The third-order valence-corrected chi connectivity index (χ3v) is 1.27. The molecule has 59 valence electrons. The van der Waals surface area contributed by atoms with E-state index in [-0.39, 0.29) is 13.2 Å². The zero-order chi connectivity index (χ0) is 8.41. The topological polar surface area (TPSA) is 0 Å². The van der Waals surface area contributed by atoms with E-state index in [2.05, 4.69) is 48.0 Å². The van der Waals surface area contributed by atoms with E-state index in [1.165, 1.54) is 12.8 Å². The predicted octanol–water partition coefficient (Wildman–Crippen LogP) is 4.34. The molecule has 0 saturated carbocycles. The quantitative estimate of drug-likeness (QED) is 0.678. The molecule has 0 aliphatic rings. The molecule has 0 fully saturated rings. The van der Waals surface area contributed by atoms with E-state index < -0.39 is 0 Å². The maximum atomic E-state index is 3.80. The van der Waals surface area contributed by atoms with Crippen LogP contribution in [0.15, 0.2) is 0 Å². The van der Waals surface area contributed by atoms with Gasteiger partial charge in [-0.2, -0.15) is 0 Å². The van der Waals surface area contributed by atoms with Gasteiger partial charge in [-0.25, -0.2) is 0 Å². The largest absolute Gasteiger partial charge is 0.0654 e. The normalized spacial score (nSPS) is 10.9. The summed E-state index contributed by atoms with van der Waals surface area (Å²) in [5.74, 6) is 0.838. The Bertz CT molecular complexity index is 50.9. The van der Waals surface area contributed by atoms with Gasteiger partial charge in [-0.3, -0.25) is 0 Å². The molecule has 0 bridgehead atoms. The molecule has 0 aromatic carbocycles. The number of hydrogen-bond donors (Lipinski definition) is 0. The minimum Gasteiger partial charge on any atom is -0.0654 e. The van der Waals surface area contributed by atoms with Gasteiger partial charge in [-0.1, -0.05) is 40.0 Å². The molecule has 0 heterocycles. The van der Waals surface area contributed by atoms with E-state index in [1.54, 1.807) is 0 Å². The molecule has 0 aromatic heterocycles. The first-order valence-electron chi connectivity index (χ1n) is 3.64. The molecule has 0 spiro atoms. The summed E-state index contributed by atoms with van der Waals surface area (Å²) in [5, 5.41) is 0. The Labute approximate surface area is 85.8 Å². The van der Waals surface area contributed by atoms with Crippen LogP contribution in [0, 0.1) is 12.8 Å². The van der Waals surface area contributed by atoms with Crippen molar-refractivity contribution in [3.05, 3.63) is 6.92 Å². The Kier molecular flexibility index (Phi) is 18.6. The van der Waals surface area contributed by atoms with Gasteiger partial charge in [-0.15, -0.1) is 0 Å². The van der Waals surface area contributed by atoms with Gasteiger partial charge < -0.3 is 0 Å².